The summed E-state index contributed by atoms with van der Waals surface area (Å²) in [5.41, 5.74) is 0. The van der Waals surface area contributed by atoms with Crippen molar-refractivity contribution in [3.63, 3.8) is 0 Å². The molecule has 2 aliphatic rings. The first-order valence-electron chi connectivity index (χ1n) is 9.57. The van der Waals surface area contributed by atoms with Gasteiger partial charge in [0.05, 0.1) is 24.5 Å². The van der Waals surface area contributed by atoms with Crippen molar-refractivity contribution in [3.8, 4) is 0 Å². The molecule has 0 bridgehead atoms. The Kier molecular flexibility index (Phi) is 6.42. The molecule has 1 N–H and O–H groups in total. The largest absolute Gasteiger partial charge is 0.511 e. The molecule has 29 heavy (non-hydrogen) atoms. The van der Waals surface area contributed by atoms with Gasteiger partial charge < -0.3 is 28.8 Å². The molecule has 2 unspecified atom stereocenters. The SMILES string of the molecule is CCOC(=O)OC(C)OC(=O)C1(C[C@@H](C)n2cccc2)CN2C(=O)[C@H](CO)[C@H]2S1. The first-order chi connectivity index (χ1) is 13.8. The third-order valence-corrected chi connectivity index (χ3v) is 6.89. The molecule has 2 fully saturated rings. The highest BCUT2D eigenvalue weighted by molar-refractivity contribution is 8.02. The second-order valence-corrected chi connectivity index (χ2v) is 8.72. The minimum Gasteiger partial charge on any atom is -0.435 e. The van der Waals surface area contributed by atoms with Crippen molar-refractivity contribution in [1.82, 2.24) is 9.47 Å². The molecule has 9 nitrogen and oxygen atoms in total. The van der Waals surface area contributed by atoms with Gasteiger partial charge in [-0.15, -0.1) is 11.8 Å². The zero-order valence-corrected chi connectivity index (χ0v) is 17.5. The van der Waals surface area contributed by atoms with Crippen LogP contribution in [0.15, 0.2) is 24.5 Å². The maximum atomic E-state index is 13.2. The van der Waals surface area contributed by atoms with E-state index in [1.54, 1.807) is 11.8 Å². The number of rotatable bonds is 8. The third kappa shape index (κ3) is 4.23. The molecule has 1 aromatic heterocycles. The summed E-state index contributed by atoms with van der Waals surface area (Å²) in [6.45, 7) is 5.14. The van der Waals surface area contributed by atoms with Crippen molar-refractivity contribution in [2.45, 2.75) is 49.6 Å². The summed E-state index contributed by atoms with van der Waals surface area (Å²) in [5, 5.41) is 9.22. The van der Waals surface area contributed by atoms with Crippen molar-refractivity contribution in [3.05, 3.63) is 24.5 Å². The molecular weight excluding hydrogens is 400 g/mol. The number of ether oxygens (including phenoxy) is 3. The van der Waals surface area contributed by atoms with Crippen LogP contribution in [0.4, 0.5) is 4.79 Å². The van der Waals surface area contributed by atoms with E-state index in [2.05, 4.69) is 0 Å². The van der Waals surface area contributed by atoms with Crippen molar-refractivity contribution in [1.29, 1.82) is 0 Å². The van der Waals surface area contributed by atoms with E-state index < -0.39 is 29.1 Å². The first kappa shape index (κ1) is 21.5. The van der Waals surface area contributed by atoms with Gasteiger partial charge in [0.1, 0.15) is 4.75 Å². The van der Waals surface area contributed by atoms with Crippen LogP contribution in [-0.2, 0) is 23.8 Å². The number of hydrogen-bond acceptors (Lipinski definition) is 8. The zero-order chi connectivity index (χ0) is 21.2. The van der Waals surface area contributed by atoms with Crippen LogP contribution < -0.4 is 0 Å². The number of aliphatic hydroxyl groups is 1. The van der Waals surface area contributed by atoms with Crippen molar-refractivity contribution in [2.75, 3.05) is 19.8 Å². The highest BCUT2D eigenvalue weighted by Crippen LogP contribution is 2.52. The minimum absolute atomic E-state index is 0.0345. The molecule has 0 spiro atoms. The smallest absolute Gasteiger partial charge is 0.435 e. The number of nitrogens with zero attached hydrogens (tertiary/aromatic N) is 2. The highest BCUT2D eigenvalue weighted by Gasteiger charge is 2.62. The fraction of sp³-hybridized carbons (Fsp3) is 0.632. The van der Waals surface area contributed by atoms with Gasteiger partial charge in [0.15, 0.2) is 0 Å². The van der Waals surface area contributed by atoms with Gasteiger partial charge in [-0.05, 0) is 32.4 Å². The number of amides is 1. The summed E-state index contributed by atoms with van der Waals surface area (Å²) in [5.74, 6) is -1.23. The number of hydrogen-bond donors (Lipinski definition) is 1. The normalized spacial score (nSPS) is 27.6. The molecule has 0 radical (unpaired) electrons. The lowest BCUT2D eigenvalue weighted by atomic mass is 9.94. The van der Waals surface area contributed by atoms with Crippen LogP contribution in [0.2, 0.25) is 0 Å². The van der Waals surface area contributed by atoms with Crippen LogP contribution in [0.5, 0.6) is 0 Å². The van der Waals surface area contributed by atoms with Gasteiger partial charge in [-0.25, -0.2) is 4.79 Å². The van der Waals surface area contributed by atoms with Crippen LogP contribution in [0, 0.1) is 5.92 Å². The van der Waals surface area contributed by atoms with Crippen LogP contribution in [0.3, 0.4) is 0 Å². The Morgan fingerprint density at radius 2 is 2.00 bits per heavy atom. The molecule has 0 saturated carbocycles. The quantitative estimate of drug-likeness (QED) is 0.381. The van der Waals surface area contributed by atoms with Gasteiger partial charge in [0.25, 0.3) is 0 Å². The van der Waals surface area contributed by atoms with Gasteiger partial charge in [0, 0.05) is 31.9 Å². The van der Waals surface area contributed by atoms with Crippen LogP contribution in [-0.4, -0.2) is 68.8 Å². The summed E-state index contributed by atoms with van der Waals surface area (Å²) < 4.78 is 16.0. The van der Waals surface area contributed by atoms with Crippen molar-refractivity contribution >= 4 is 29.8 Å². The molecule has 3 rings (SSSR count). The fourth-order valence-electron chi connectivity index (χ4n) is 3.72. The van der Waals surface area contributed by atoms with Crippen LogP contribution in [0.25, 0.3) is 0 Å². The molecule has 10 heteroatoms. The number of thioether (sulfide) groups is 1. The van der Waals surface area contributed by atoms with E-state index in [1.807, 2.05) is 36.0 Å². The van der Waals surface area contributed by atoms with E-state index >= 15 is 0 Å². The van der Waals surface area contributed by atoms with Gasteiger partial charge in [-0.1, -0.05) is 0 Å². The summed E-state index contributed by atoms with van der Waals surface area (Å²) in [7, 11) is 0. The number of aromatic nitrogens is 1. The van der Waals surface area contributed by atoms with Crippen molar-refractivity contribution in [2.24, 2.45) is 5.92 Å². The molecule has 3 heterocycles. The Morgan fingerprint density at radius 1 is 1.31 bits per heavy atom. The number of fused-ring (bicyclic) bond motifs is 1. The fourth-order valence-corrected chi connectivity index (χ4v) is 5.55. The lowest BCUT2D eigenvalue weighted by Crippen LogP contribution is -2.58. The topological polar surface area (TPSA) is 107 Å². The minimum atomic E-state index is -1.13. The average Bonchev–Trinajstić information content (AvgIpc) is 3.30. The van der Waals surface area contributed by atoms with Crippen LogP contribution >= 0.6 is 11.8 Å². The Labute approximate surface area is 173 Å². The monoisotopic (exact) mass is 426 g/mol. The molecule has 2 aliphatic heterocycles. The number of aliphatic hydroxyl groups excluding tert-OH is 1. The first-order valence-corrected chi connectivity index (χ1v) is 10.5. The predicted molar refractivity (Wildman–Crippen MR) is 104 cm³/mol. The summed E-state index contributed by atoms with van der Waals surface area (Å²) >= 11 is 1.33. The molecule has 5 atom stereocenters. The molecule has 0 aliphatic carbocycles. The number of carbonyl (C=O) groups excluding carboxylic acids is 3. The lowest BCUT2D eigenvalue weighted by molar-refractivity contribution is -0.172. The summed E-state index contributed by atoms with van der Waals surface area (Å²) in [6.07, 6.45) is 2.19. The highest BCUT2D eigenvalue weighted by atomic mass is 32.2. The van der Waals surface area contributed by atoms with E-state index in [1.165, 1.54) is 18.7 Å². The van der Waals surface area contributed by atoms with Crippen LogP contribution in [0.1, 0.15) is 33.2 Å². The maximum absolute atomic E-state index is 13.2. The third-order valence-electron chi connectivity index (χ3n) is 5.15. The average molecular weight is 426 g/mol. The van der Waals surface area contributed by atoms with E-state index in [9.17, 15) is 19.5 Å². The molecule has 2 saturated heterocycles. The van der Waals surface area contributed by atoms with Gasteiger partial charge >= 0.3 is 12.1 Å². The second kappa shape index (κ2) is 8.66. The second-order valence-electron chi connectivity index (χ2n) is 7.22. The standard InChI is InChI=1S/C19H26N2O7S/c1-4-26-18(25)28-13(3)27-17(24)19(9-12(2)20-7-5-6-8-20)11-21-15(23)14(10-22)16(21)29-19/h5-8,12-14,16,22H,4,9-11H2,1-3H3/t12-,13?,14+,16-,19?/m1/s1. The number of β-lactam (4-membered cyclic amide) rings is 1. The Hall–Kier alpha value is -2.20. The van der Waals surface area contributed by atoms with E-state index in [0.29, 0.717) is 6.42 Å². The maximum Gasteiger partial charge on any atom is 0.511 e. The van der Waals surface area contributed by atoms with Gasteiger partial charge in [-0.3, -0.25) is 9.59 Å². The van der Waals surface area contributed by atoms with E-state index in [-0.39, 0.29) is 37.1 Å². The van der Waals surface area contributed by atoms with Gasteiger partial charge in [-0.2, -0.15) is 0 Å². The number of carbonyl (C=O) groups is 3. The Balaban J connectivity index is 1.75. The van der Waals surface area contributed by atoms with E-state index in [4.69, 9.17) is 14.2 Å². The Morgan fingerprint density at radius 3 is 2.62 bits per heavy atom. The molecule has 1 aromatic rings. The van der Waals surface area contributed by atoms with Crippen molar-refractivity contribution < 1.29 is 33.7 Å². The summed E-state index contributed by atoms with van der Waals surface area (Å²) in [4.78, 5) is 38.5. The molecule has 1 amide bonds. The lowest BCUT2D eigenvalue weighted by Gasteiger charge is -2.40. The van der Waals surface area contributed by atoms with E-state index in [0.717, 1.165) is 0 Å². The zero-order valence-electron chi connectivity index (χ0n) is 16.6. The molecular formula is C19H26N2O7S. The summed E-state index contributed by atoms with van der Waals surface area (Å²) in [6, 6.07) is 3.77. The predicted octanol–water partition coefficient (Wildman–Crippen LogP) is 1.76. The van der Waals surface area contributed by atoms with Gasteiger partial charge in [0.2, 0.25) is 12.2 Å². The number of esters is 1. The molecule has 0 aromatic carbocycles. The molecule has 160 valence electrons. The Bertz CT molecular complexity index is 756.